The van der Waals surface area contributed by atoms with E-state index in [0.29, 0.717) is 5.65 Å². The summed E-state index contributed by atoms with van der Waals surface area (Å²) in [6.07, 6.45) is 7.54. The van der Waals surface area contributed by atoms with E-state index in [4.69, 9.17) is 0 Å². The normalized spacial score (nSPS) is 14.2. The zero-order valence-electron chi connectivity index (χ0n) is 11.6. The summed E-state index contributed by atoms with van der Waals surface area (Å²) in [4.78, 5) is 12.4. The van der Waals surface area contributed by atoms with E-state index >= 15 is 0 Å². The molecule has 0 bridgehead atoms. The number of hydrogen-bond donors (Lipinski definition) is 0. The lowest BCUT2D eigenvalue weighted by atomic mass is 9.92. The fourth-order valence-electron chi connectivity index (χ4n) is 2.84. The smallest absolute Gasteiger partial charge is 0.280 e. The summed E-state index contributed by atoms with van der Waals surface area (Å²) in [5.41, 5.74) is 4.22. The van der Waals surface area contributed by atoms with Crippen LogP contribution in [0.3, 0.4) is 0 Å². The van der Waals surface area contributed by atoms with Crippen LogP contribution in [0.15, 0.2) is 43.1 Å². The number of halogens is 2. The first kappa shape index (κ1) is 13.1. The fourth-order valence-corrected chi connectivity index (χ4v) is 2.84. The molecule has 6 heteroatoms. The Morgan fingerprint density at radius 1 is 1.14 bits per heavy atom. The van der Waals surface area contributed by atoms with Crippen LogP contribution in [0.5, 0.6) is 0 Å². The van der Waals surface area contributed by atoms with E-state index in [1.807, 2.05) is 6.07 Å². The second-order valence-corrected chi connectivity index (χ2v) is 5.17. The summed E-state index contributed by atoms with van der Waals surface area (Å²) < 4.78 is 27.5. The molecule has 3 aromatic heterocycles. The van der Waals surface area contributed by atoms with Gasteiger partial charge in [-0.25, -0.2) is 23.7 Å². The summed E-state index contributed by atoms with van der Waals surface area (Å²) in [6.45, 7) is 0. The fraction of sp³-hybridized carbons (Fsp3) is 0.188. The number of allylic oxidation sites excluding steroid dienone is 1. The summed E-state index contributed by atoms with van der Waals surface area (Å²) in [5.74, 6) is 0. The van der Waals surface area contributed by atoms with Crippen LogP contribution in [0.4, 0.5) is 8.78 Å². The second-order valence-electron chi connectivity index (χ2n) is 5.17. The third-order valence-corrected chi connectivity index (χ3v) is 3.88. The van der Waals surface area contributed by atoms with E-state index in [2.05, 4.69) is 21.0 Å². The monoisotopic (exact) mass is 298 g/mol. The molecule has 110 valence electrons. The quantitative estimate of drug-likeness (QED) is 0.728. The zero-order chi connectivity index (χ0) is 15.1. The topological polar surface area (TPSA) is 43.1 Å². The van der Waals surface area contributed by atoms with Gasteiger partial charge in [-0.2, -0.15) is 0 Å². The van der Waals surface area contributed by atoms with E-state index < -0.39 is 6.43 Å². The molecule has 0 N–H and O–H groups in total. The van der Waals surface area contributed by atoms with Crippen molar-refractivity contribution in [1.29, 1.82) is 0 Å². The lowest BCUT2D eigenvalue weighted by Crippen LogP contribution is -2.05. The Morgan fingerprint density at radius 3 is 2.91 bits per heavy atom. The Morgan fingerprint density at radius 2 is 2.05 bits per heavy atom. The van der Waals surface area contributed by atoms with Crippen LogP contribution in [0, 0.1) is 0 Å². The standard InChI is InChI=1S/C16H12F2N4/c17-16(18)14-7-20-15-5-4-10(8-22(14)15)11-2-1-3-13-12(11)6-19-9-21-13/h2,4-9,16H,1,3H2. The highest BCUT2D eigenvalue weighted by molar-refractivity contribution is 5.81. The van der Waals surface area contributed by atoms with Crippen molar-refractivity contribution in [3.05, 3.63) is 65.6 Å². The summed E-state index contributed by atoms with van der Waals surface area (Å²) in [5, 5.41) is 0. The molecule has 22 heavy (non-hydrogen) atoms. The number of hydrogen-bond acceptors (Lipinski definition) is 3. The Bertz CT molecular complexity index is 883. The lowest BCUT2D eigenvalue weighted by Gasteiger charge is -2.16. The third kappa shape index (κ3) is 1.99. The van der Waals surface area contributed by atoms with Crippen LogP contribution in [0.2, 0.25) is 0 Å². The number of imidazole rings is 1. The summed E-state index contributed by atoms with van der Waals surface area (Å²) in [6, 6.07) is 3.64. The molecule has 1 aliphatic rings. The van der Waals surface area contributed by atoms with Gasteiger partial charge in [0.25, 0.3) is 6.43 Å². The predicted octanol–water partition coefficient (Wildman–Crippen LogP) is 3.44. The van der Waals surface area contributed by atoms with Gasteiger partial charge in [-0.05, 0) is 36.1 Å². The molecule has 0 spiro atoms. The number of nitrogens with zero attached hydrogens (tertiary/aromatic N) is 4. The lowest BCUT2D eigenvalue weighted by molar-refractivity contribution is 0.145. The predicted molar refractivity (Wildman–Crippen MR) is 77.6 cm³/mol. The van der Waals surface area contributed by atoms with Gasteiger partial charge in [0.05, 0.1) is 11.9 Å². The number of alkyl halides is 2. The molecular formula is C16H12F2N4. The van der Waals surface area contributed by atoms with Crippen LogP contribution in [0.25, 0.3) is 11.2 Å². The van der Waals surface area contributed by atoms with Crippen LogP contribution < -0.4 is 0 Å². The van der Waals surface area contributed by atoms with Gasteiger partial charge in [0.1, 0.15) is 17.7 Å². The number of rotatable bonds is 2. The van der Waals surface area contributed by atoms with Gasteiger partial charge in [0.2, 0.25) is 0 Å². The number of fused-ring (bicyclic) bond motifs is 2. The van der Waals surface area contributed by atoms with Crippen molar-refractivity contribution in [2.24, 2.45) is 0 Å². The third-order valence-electron chi connectivity index (χ3n) is 3.88. The summed E-state index contributed by atoms with van der Waals surface area (Å²) in [7, 11) is 0. The van der Waals surface area contributed by atoms with Gasteiger partial charge < -0.3 is 0 Å². The van der Waals surface area contributed by atoms with E-state index in [9.17, 15) is 8.78 Å². The maximum Gasteiger partial charge on any atom is 0.280 e. The molecule has 0 fully saturated rings. The Labute approximate surface area is 125 Å². The average Bonchev–Trinajstić information content (AvgIpc) is 2.97. The average molecular weight is 298 g/mol. The zero-order valence-corrected chi connectivity index (χ0v) is 11.6. The van der Waals surface area contributed by atoms with Crippen molar-refractivity contribution in [3.8, 4) is 0 Å². The van der Waals surface area contributed by atoms with Crippen molar-refractivity contribution in [2.45, 2.75) is 19.3 Å². The number of pyridine rings is 1. The molecule has 3 aromatic rings. The SMILES string of the molecule is FC(F)c1cnc2ccc(C3=CCCc4ncncc43)cn12. The maximum atomic E-state index is 13.0. The molecule has 3 heterocycles. The molecule has 0 aromatic carbocycles. The summed E-state index contributed by atoms with van der Waals surface area (Å²) >= 11 is 0. The Kier molecular flexibility index (Phi) is 2.96. The van der Waals surface area contributed by atoms with Gasteiger partial charge in [0, 0.05) is 18.0 Å². The van der Waals surface area contributed by atoms with Crippen molar-refractivity contribution >= 4 is 11.2 Å². The van der Waals surface area contributed by atoms with Crippen LogP contribution in [-0.4, -0.2) is 19.4 Å². The molecule has 0 unspecified atom stereocenters. The first-order valence-electron chi connectivity index (χ1n) is 6.99. The van der Waals surface area contributed by atoms with Gasteiger partial charge in [0.15, 0.2) is 0 Å². The van der Waals surface area contributed by atoms with E-state index in [-0.39, 0.29) is 5.69 Å². The molecule has 0 amide bonds. The van der Waals surface area contributed by atoms with Crippen molar-refractivity contribution in [3.63, 3.8) is 0 Å². The van der Waals surface area contributed by atoms with Gasteiger partial charge >= 0.3 is 0 Å². The van der Waals surface area contributed by atoms with E-state index in [1.54, 1.807) is 18.5 Å². The van der Waals surface area contributed by atoms with Crippen LogP contribution >= 0.6 is 0 Å². The highest BCUT2D eigenvalue weighted by Gasteiger charge is 2.18. The highest BCUT2D eigenvalue weighted by Crippen LogP contribution is 2.31. The minimum absolute atomic E-state index is 0.0993. The molecule has 0 radical (unpaired) electrons. The molecule has 0 aliphatic heterocycles. The van der Waals surface area contributed by atoms with Gasteiger partial charge in [-0.1, -0.05) is 6.08 Å². The van der Waals surface area contributed by atoms with Gasteiger partial charge in [-0.15, -0.1) is 0 Å². The molecular weight excluding hydrogens is 286 g/mol. The van der Waals surface area contributed by atoms with E-state index in [0.717, 1.165) is 35.2 Å². The Hall–Kier alpha value is -2.63. The minimum Gasteiger partial charge on any atom is -0.298 e. The van der Waals surface area contributed by atoms with Crippen molar-refractivity contribution in [2.75, 3.05) is 0 Å². The molecule has 4 rings (SSSR count). The molecule has 0 saturated heterocycles. The maximum absolute atomic E-state index is 13.0. The van der Waals surface area contributed by atoms with Crippen LogP contribution in [-0.2, 0) is 6.42 Å². The first-order chi connectivity index (χ1) is 10.7. The van der Waals surface area contributed by atoms with Crippen LogP contribution in [0.1, 0.15) is 35.4 Å². The second kappa shape index (κ2) is 4.98. The van der Waals surface area contributed by atoms with Crippen molar-refractivity contribution in [1.82, 2.24) is 19.4 Å². The van der Waals surface area contributed by atoms with E-state index in [1.165, 1.54) is 16.9 Å². The molecule has 0 atom stereocenters. The molecule has 4 nitrogen and oxygen atoms in total. The van der Waals surface area contributed by atoms with Gasteiger partial charge in [-0.3, -0.25) is 4.40 Å². The molecule has 1 aliphatic carbocycles. The largest absolute Gasteiger partial charge is 0.298 e. The number of aromatic nitrogens is 4. The minimum atomic E-state index is -2.55. The highest BCUT2D eigenvalue weighted by atomic mass is 19.3. The first-order valence-corrected chi connectivity index (χ1v) is 6.99. The Balaban J connectivity index is 1.88. The number of aryl methyl sites for hydroxylation is 1. The molecule has 0 saturated carbocycles. The van der Waals surface area contributed by atoms with Crippen molar-refractivity contribution < 1.29 is 8.78 Å².